The fourth-order valence-corrected chi connectivity index (χ4v) is 2.53. The number of amides is 2. The van der Waals surface area contributed by atoms with Crippen molar-refractivity contribution in [3.8, 4) is 5.88 Å². The lowest BCUT2D eigenvalue weighted by Crippen LogP contribution is -2.45. The first-order valence-electron chi connectivity index (χ1n) is 7.06. The van der Waals surface area contributed by atoms with E-state index in [1.165, 1.54) is 0 Å². The first-order chi connectivity index (χ1) is 10.2. The van der Waals surface area contributed by atoms with Gasteiger partial charge in [-0.25, -0.2) is 9.78 Å². The van der Waals surface area contributed by atoms with Gasteiger partial charge in [-0.15, -0.1) is 11.6 Å². The van der Waals surface area contributed by atoms with Gasteiger partial charge >= 0.3 is 6.03 Å². The predicted octanol–water partition coefficient (Wildman–Crippen LogP) is 2.96. The summed E-state index contributed by atoms with van der Waals surface area (Å²) in [6, 6.07) is 3.57. The highest BCUT2D eigenvalue weighted by Crippen LogP contribution is 2.23. The number of rotatable bonds is 5. The third kappa shape index (κ3) is 5.59. The Bertz CT molecular complexity index is 448. The van der Waals surface area contributed by atoms with E-state index in [1.54, 1.807) is 18.3 Å². The molecule has 1 saturated carbocycles. The Balaban J connectivity index is 1.70. The number of urea groups is 1. The average Bonchev–Trinajstić information content (AvgIpc) is 2.49. The first-order valence-corrected chi connectivity index (χ1v) is 7.97. The number of nitrogens with zero attached hydrogens (tertiary/aromatic N) is 1. The maximum absolute atomic E-state index is 11.5. The molecule has 1 aliphatic rings. The number of hydrogen-bond acceptors (Lipinski definition) is 3. The minimum atomic E-state index is -0.153. The Hall–Kier alpha value is -1.20. The quantitative estimate of drug-likeness (QED) is 0.815. The van der Waals surface area contributed by atoms with Gasteiger partial charge in [-0.2, -0.15) is 0 Å². The molecule has 1 aromatic heterocycles. The smallest absolute Gasteiger partial charge is 0.315 e. The lowest BCUT2D eigenvalue weighted by molar-refractivity contribution is 0.135. The zero-order valence-corrected chi connectivity index (χ0v) is 13.2. The zero-order valence-electron chi connectivity index (χ0n) is 11.6. The van der Waals surface area contributed by atoms with Crippen molar-refractivity contribution in [2.24, 2.45) is 0 Å². The number of alkyl halides is 1. The molecule has 2 N–H and O–H groups in total. The first kappa shape index (κ1) is 16.2. The molecule has 2 amide bonds. The normalized spacial score (nSPS) is 21.6. The molecule has 0 spiro atoms. The largest absolute Gasteiger partial charge is 0.474 e. The molecule has 0 unspecified atom stereocenters. The maximum atomic E-state index is 11.5. The van der Waals surface area contributed by atoms with E-state index in [-0.39, 0.29) is 18.2 Å². The lowest BCUT2D eigenvalue weighted by atomic mass is 9.93. The van der Waals surface area contributed by atoms with Gasteiger partial charge in [-0.1, -0.05) is 11.6 Å². The van der Waals surface area contributed by atoms with Gasteiger partial charge in [0.1, 0.15) is 6.10 Å². The molecule has 116 valence electrons. The molecule has 1 heterocycles. The van der Waals surface area contributed by atoms with E-state index >= 15 is 0 Å². The fraction of sp³-hybridized carbons (Fsp3) is 0.571. The van der Waals surface area contributed by atoms with Crippen molar-refractivity contribution in [3.63, 3.8) is 0 Å². The molecule has 0 bridgehead atoms. The Morgan fingerprint density at radius 2 is 2.10 bits per heavy atom. The SMILES string of the molecule is O=C(NCCCl)NC1CCC(Oc2ccc(Cl)cn2)CC1. The Morgan fingerprint density at radius 1 is 1.33 bits per heavy atom. The summed E-state index contributed by atoms with van der Waals surface area (Å²) in [6.45, 7) is 0.480. The predicted molar refractivity (Wildman–Crippen MR) is 83.2 cm³/mol. The van der Waals surface area contributed by atoms with Crippen LogP contribution in [0.2, 0.25) is 5.02 Å². The second-order valence-electron chi connectivity index (χ2n) is 5.00. The van der Waals surface area contributed by atoms with Crippen molar-refractivity contribution in [3.05, 3.63) is 23.4 Å². The summed E-state index contributed by atoms with van der Waals surface area (Å²) in [7, 11) is 0. The number of pyridine rings is 1. The van der Waals surface area contributed by atoms with Crippen molar-refractivity contribution in [2.75, 3.05) is 12.4 Å². The van der Waals surface area contributed by atoms with Crippen LogP contribution in [-0.4, -0.2) is 35.6 Å². The summed E-state index contributed by atoms with van der Waals surface area (Å²) < 4.78 is 5.81. The second kappa shape index (κ2) is 8.29. The highest BCUT2D eigenvalue weighted by molar-refractivity contribution is 6.30. The molecule has 0 atom stereocenters. The molecule has 1 aliphatic carbocycles. The van der Waals surface area contributed by atoms with Crippen LogP contribution in [0, 0.1) is 0 Å². The van der Waals surface area contributed by atoms with Crippen LogP contribution in [0.5, 0.6) is 5.88 Å². The summed E-state index contributed by atoms with van der Waals surface area (Å²) >= 11 is 11.3. The Kier molecular flexibility index (Phi) is 6.39. The Labute approximate surface area is 134 Å². The van der Waals surface area contributed by atoms with E-state index in [1.807, 2.05) is 0 Å². The summed E-state index contributed by atoms with van der Waals surface area (Å²) in [6.07, 6.45) is 5.29. The van der Waals surface area contributed by atoms with Crippen molar-refractivity contribution in [1.29, 1.82) is 0 Å². The summed E-state index contributed by atoms with van der Waals surface area (Å²) in [5, 5.41) is 6.24. The molecule has 1 aromatic rings. The molecule has 2 rings (SSSR count). The molecule has 0 radical (unpaired) electrons. The zero-order chi connectivity index (χ0) is 15.1. The van der Waals surface area contributed by atoms with Crippen LogP contribution >= 0.6 is 23.2 Å². The van der Waals surface area contributed by atoms with Crippen molar-refractivity contribution in [2.45, 2.75) is 37.8 Å². The third-order valence-corrected chi connectivity index (χ3v) is 3.79. The van der Waals surface area contributed by atoms with Crippen LogP contribution in [0.25, 0.3) is 0 Å². The molecular formula is C14H19Cl2N3O2. The van der Waals surface area contributed by atoms with Crippen molar-refractivity contribution >= 4 is 29.2 Å². The Morgan fingerprint density at radius 3 is 2.71 bits per heavy atom. The molecule has 0 saturated heterocycles. The van der Waals surface area contributed by atoms with Gasteiger partial charge in [0.25, 0.3) is 0 Å². The van der Waals surface area contributed by atoms with Gasteiger partial charge in [0.05, 0.1) is 5.02 Å². The second-order valence-corrected chi connectivity index (χ2v) is 5.81. The summed E-state index contributed by atoms with van der Waals surface area (Å²) in [5.41, 5.74) is 0. The number of carbonyl (C=O) groups excluding carboxylic acids is 1. The van der Waals surface area contributed by atoms with E-state index in [4.69, 9.17) is 27.9 Å². The fourth-order valence-electron chi connectivity index (χ4n) is 2.32. The molecule has 21 heavy (non-hydrogen) atoms. The van der Waals surface area contributed by atoms with Crippen molar-refractivity contribution < 1.29 is 9.53 Å². The van der Waals surface area contributed by atoms with Gasteiger partial charge in [-0.3, -0.25) is 0 Å². The standard InChI is InChI=1S/C14H19Cl2N3O2/c15-7-8-17-14(20)19-11-2-4-12(5-3-11)21-13-6-1-10(16)9-18-13/h1,6,9,11-12H,2-5,7-8H2,(H2,17,19,20). The third-order valence-electron chi connectivity index (χ3n) is 3.38. The van der Waals surface area contributed by atoms with Gasteiger partial charge < -0.3 is 15.4 Å². The minimum Gasteiger partial charge on any atom is -0.474 e. The van der Waals surface area contributed by atoms with Crippen molar-refractivity contribution in [1.82, 2.24) is 15.6 Å². The number of hydrogen-bond donors (Lipinski definition) is 2. The number of ether oxygens (including phenoxy) is 1. The van der Waals surface area contributed by atoms with E-state index in [0.717, 1.165) is 25.7 Å². The van der Waals surface area contributed by atoms with Gasteiger partial charge in [0.15, 0.2) is 0 Å². The summed E-state index contributed by atoms with van der Waals surface area (Å²) in [5.74, 6) is 1.01. The topological polar surface area (TPSA) is 63.2 Å². The van der Waals surface area contributed by atoms with E-state index in [9.17, 15) is 4.79 Å². The van der Waals surface area contributed by atoms with Crippen LogP contribution in [0.15, 0.2) is 18.3 Å². The average molecular weight is 332 g/mol. The maximum Gasteiger partial charge on any atom is 0.315 e. The van der Waals surface area contributed by atoms with E-state index < -0.39 is 0 Å². The number of nitrogens with one attached hydrogen (secondary N) is 2. The summed E-state index contributed by atoms with van der Waals surface area (Å²) in [4.78, 5) is 15.7. The van der Waals surface area contributed by atoms with Crippen LogP contribution in [-0.2, 0) is 0 Å². The van der Waals surface area contributed by atoms with Crippen LogP contribution in [0.1, 0.15) is 25.7 Å². The molecule has 5 nitrogen and oxygen atoms in total. The molecule has 0 aromatic carbocycles. The molecular weight excluding hydrogens is 313 g/mol. The molecule has 0 aliphatic heterocycles. The lowest BCUT2D eigenvalue weighted by Gasteiger charge is -2.29. The number of carbonyl (C=O) groups is 1. The van der Waals surface area contributed by atoms with E-state index in [2.05, 4.69) is 15.6 Å². The molecule has 1 fully saturated rings. The van der Waals surface area contributed by atoms with Gasteiger partial charge in [0.2, 0.25) is 5.88 Å². The monoisotopic (exact) mass is 331 g/mol. The van der Waals surface area contributed by atoms with Crippen LogP contribution in [0.4, 0.5) is 4.79 Å². The highest BCUT2D eigenvalue weighted by Gasteiger charge is 2.23. The van der Waals surface area contributed by atoms with Gasteiger partial charge in [-0.05, 0) is 31.7 Å². The van der Waals surface area contributed by atoms with Crippen LogP contribution in [0.3, 0.4) is 0 Å². The minimum absolute atomic E-state index is 0.141. The van der Waals surface area contributed by atoms with Crippen LogP contribution < -0.4 is 15.4 Å². The highest BCUT2D eigenvalue weighted by atomic mass is 35.5. The van der Waals surface area contributed by atoms with E-state index in [0.29, 0.717) is 23.3 Å². The molecule has 7 heteroatoms. The number of halogens is 2. The van der Waals surface area contributed by atoms with Gasteiger partial charge in [0, 0.05) is 30.7 Å². The number of aromatic nitrogens is 1.